The number of aryl methyl sites for hydroxylation is 3. The van der Waals surface area contributed by atoms with Gasteiger partial charge < -0.3 is 5.11 Å². The molecule has 0 radical (unpaired) electrons. The number of nitrogens with zero attached hydrogens (tertiary/aromatic N) is 4. The Bertz CT molecular complexity index is 1100. The van der Waals surface area contributed by atoms with Gasteiger partial charge >= 0.3 is 5.97 Å². The maximum absolute atomic E-state index is 12.6. The van der Waals surface area contributed by atoms with E-state index in [-0.39, 0.29) is 17.0 Å². The van der Waals surface area contributed by atoms with E-state index in [2.05, 4.69) is 19.8 Å². The largest absolute Gasteiger partial charge is 0.478 e. The van der Waals surface area contributed by atoms with Crippen LogP contribution in [0.5, 0.6) is 0 Å². The van der Waals surface area contributed by atoms with Gasteiger partial charge in [0.15, 0.2) is 0 Å². The van der Waals surface area contributed by atoms with Crippen molar-refractivity contribution in [2.75, 3.05) is 4.72 Å². The minimum atomic E-state index is -4.18. The fourth-order valence-corrected chi connectivity index (χ4v) is 3.45. The quantitative estimate of drug-likeness (QED) is 0.722. The fraction of sp³-hybridized carbons (Fsp3) is 0.200. The van der Waals surface area contributed by atoms with E-state index in [1.807, 2.05) is 0 Å². The van der Waals surface area contributed by atoms with Crippen molar-refractivity contribution in [2.24, 2.45) is 0 Å². The molecule has 25 heavy (non-hydrogen) atoms. The summed E-state index contributed by atoms with van der Waals surface area (Å²) in [7, 11) is -4.18. The molecule has 2 aromatic heterocycles. The third-order valence-corrected chi connectivity index (χ3v) is 4.71. The normalized spacial score (nSPS) is 11.6. The van der Waals surface area contributed by atoms with Gasteiger partial charge in [0.1, 0.15) is 0 Å². The van der Waals surface area contributed by atoms with Gasteiger partial charge in [0.05, 0.1) is 11.3 Å². The summed E-state index contributed by atoms with van der Waals surface area (Å²) in [5.74, 6) is -1.08. The lowest BCUT2D eigenvalue weighted by molar-refractivity contribution is 0.0698. The summed E-state index contributed by atoms with van der Waals surface area (Å²) in [5, 5.41) is 12.8. The van der Waals surface area contributed by atoms with Gasteiger partial charge in [-0.3, -0.25) is 4.72 Å². The van der Waals surface area contributed by atoms with Crippen LogP contribution in [0.15, 0.2) is 29.4 Å². The molecule has 0 saturated carbocycles. The Balaban J connectivity index is 2.10. The van der Waals surface area contributed by atoms with Gasteiger partial charge in [-0.2, -0.15) is 13.4 Å². The molecule has 1 aromatic carbocycles. The number of rotatable bonds is 4. The van der Waals surface area contributed by atoms with Gasteiger partial charge in [0.25, 0.3) is 21.0 Å². The Kier molecular flexibility index (Phi) is 3.91. The summed E-state index contributed by atoms with van der Waals surface area (Å²) in [6.45, 7) is 5.13. The number of carboxylic acids is 1. The smallest absolute Gasteiger partial charge is 0.337 e. The number of anilines is 1. The average Bonchev–Trinajstić information content (AvgIpc) is 2.94. The standard InChI is InChI=1S/C15H15N5O4S/c1-8-5-4-6-11(13(21)22)12(8)19-25(23,24)15-17-14-16-9(2)7-10(3)20(14)18-15/h4-7,19H,1-3H3,(H,21,22). The second-order valence-corrected chi connectivity index (χ2v) is 7.13. The Morgan fingerprint density at radius 3 is 2.60 bits per heavy atom. The number of sulfonamides is 1. The Hall–Kier alpha value is -3.01. The van der Waals surface area contributed by atoms with E-state index in [9.17, 15) is 18.3 Å². The van der Waals surface area contributed by atoms with Crippen LogP contribution < -0.4 is 4.72 Å². The summed E-state index contributed by atoms with van der Waals surface area (Å²) in [6, 6.07) is 6.21. The summed E-state index contributed by atoms with van der Waals surface area (Å²) < 4.78 is 28.8. The Morgan fingerprint density at radius 1 is 1.20 bits per heavy atom. The summed E-state index contributed by atoms with van der Waals surface area (Å²) in [4.78, 5) is 19.4. The predicted molar refractivity (Wildman–Crippen MR) is 89.2 cm³/mol. The minimum absolute atomic E-state index is 0.0188. The second-order valence-electron chi connectivity index (χ2n) is 5.55. The number of para-hydroxylation sites is 1. The fourth-order valence-electron chi connectivity index (χ4n) is 2.42. The van der Waals surface area contributed by atoms with Gasteiger partial charge in [-0.25, -0.2) is 14.3 Å². The zero-order chi connectivity index (χ0) is 18.4. The van der Waals surface area contributed by atoms with Crippen LogP contribution >= 0.6 is 0 Å². The summed E-state index contributed by atoms with van der Waals surface area (Å²) >= 11 is 0. The topological polar surface area (TPSA) is 127 Å². The molecule has 3 aromatic rings. The number of benzene rings is 1. The SMILES string of the molecule is Cc1cc(C)n2nc(S(=O)(=O)Nc3c(C)cccc3C(=O)O)nc2n1. The average molecular weight is 361 g/mol. The van der Waals surface area contributed by atoms with E-state index in [1.165, 1.54) is 16.6 Å². The molecule has 0 unspecified atom stereocenters. The molecule has 2 heterocycles. The number of carboxylic acid groups (broad SMARTS) is 1. The van der Waals surface area contributed by atoms with Crippen LogP contribution in [0.3, 0.4) is 0 Å². The van der Waals surface area contributed by atoms with Crippen molar-refractivity contribution in [3.05, 3.63) is 46.8 Å². The van der Waals surface area contributed by atoms with Crippen LogP contribution in [-0.4, -0.2) is 39.1 Å². The molecule has 130 valence electrons. The van der Waals surface area contributed by atoms with Gasteiger partial charge in [0, 0.05) is 11.4 Å². The molecule has 0 saturated heterocycles. The lowest BCUT2D eigenvalue weighted by Crippen LogP contribution is -2.18. The van der Waals surface area contributed by atoms with Crippen molar-refractivity contribution in [1.29, 1.82) is 0 Å². The van der Waals surface area contributed by atoms with E-state index in [4.69, 9.17) is 0 Å². The molecule has 0 aliphatic rings. The number of aromatic carboxylic acids is 1. The third kappa shape index (κ3) is 3.03. The first-order chi connectivity index (χ1) is 11.7. The molecule has 3 rings (SSSR count). The number of hydrogen-bond donors (Lipinski definition) is 2. The van der Waals surface area contributed by atoms with E-state index < -0.39 is 21.1 Å². The Labute approximate surface area is 143 Å². The van der Waals surface area contributed by atoms with Crippen molar-refractivity contribution in [3.63, 3.8) is 0 Å². The van der Waals surface area contributed by atoms with Crippen molar-refractivity contribution in [1.82, 2.24) is 19.6 Å². The van der Waals surface area contributed by atoms with Crippen molar-refractivity contribution >= 4 is 27.5 Å². The highest BCUT2D eigenvalue weighted by atomic mass is 32.2. The first kappa shape index (κ1) is 16.8. The Morgan fingerprint density at radius 2 is 1.92 bits per heavy atom. The van der Waals surface area contributed by atoms with E-state index in [0.29, 0.717) is 17.0 Å². The zero-order valence-corrected chi connectivity index (χ0v) is 14.5. The van der Waals surface area contributed by atoms with Gasteiger partial charge in [-0.1, -0.05) is 12.1 Å². The van der Waals surface area contributed by atoms with E-state index in [0.717, 1.165) is 0 Å². The van der Waals surface area contributed by atoms with Crippen LogP contribution in [0, 0.1) is 20.8 Å². The molecule has 0 spiro atoms. The first-order valence-corrected chi connectivity index (χ1v) is 8.74. The maximum atomic E-state index is 12.6. The number of fused-ring (bicyclic) bond motifs is 1. The van der Waals surface area contributed by atoms with Crippen molar-refractivity contribution in [3.8, 4) is 0 Å². The van der Waals surface area contributed by atoms with Crippen molar-refractivity contribution < 1.29 is 18.3 Å². The molecule has 9 nitrogen and oxygen atoms in total. The highest BCUT2D eigenvalue weighted by molar-refractivity contribution is 7.92. The molecule has 0 aliphatic heterocycles. The predicted octanol–water partition coefficient (Wildman–Crippen LogP) is 1.55. The molecule has 0 amide bonds. The zero-order valence-electron chi connectivity index (χ0n) is 13.7. The monoisotopic (exact) mass is 361 g/mol. The molecule has 0 fully saturated rings. The van der Waals surface area contributed by atoms with Crippen molar-refractivity contribution in [2.45, 2.75) is 25.9 Å². The number of carbonyl (C=O) groups is 1. The molecular weight excluding hydrogens is 346 g/mol. The van der Waals surface area contributed by atoms with Crippen LogP contribution in [-0.2, 0) is 10.0 Å². The number of aromatic nitrogens is 4. The molecule has 0 bridgehead atoms. The third-order valence-electron chi connectivity index (χ3n) is 3.58. The summed E-state index contributed by atoms with van der Waals surface area (Å²) in [5.41, 5.74) is 1.66. The molecule has 2 N–H and O–H groups in total. The highest BCUT2D eigenvalue weighted by Gasteiger charge is 2.25. The van der Waals surface area contributed by atoms with Crippen LogP contribution in [0.25, 0.3) is 5.78 Å². The molecule has 10 heteroatoms. The lowest BCUT2D eigenvalue weighted by Gasteiger charge is -2.11. The van der Waals surface area contributed by atoms with E-state index in [1.54, 1.807) is 32.9 Å². The first-order valence-electron chi connectivity index (χ1n) is 7.26. The van der Waals surface area contributed by atoms with Gasteiger partial charge in [-0.05, 0) is 38.5 Å². The molecule has 0 atom stereocenters. The van der Waals surface area contributed by atoms with Gasteiger partial charge in [-0.15, -0.1) is 5.10 Å². The number of nitrogens with one attached hydrogen (secondary N) is 1. The molecule has 0 aliphatic carbocycles. The molecular formula is C15H15N5O4S. The lowest BCUT2D eigenvalue weighted by atomic mass is 10.1. The minimum Gasteiger partial charge on any atom is -0.478 e. The highest BCUT2D eigenvalue weighted by Crippen LogP contribution is 2.23. The van der Waals surface area contributed by atoms with Crippen LogP contribution in [0.2, 0.25) is 0 Å². The van der Waals surface area contributed by atoms with Crippen LogP contribution in [0.4, 0.5) is 5.69 Å². The maximum Gasteiger partial charge on any atom is 0.337 e. The summed E-state index contributed by atoms with van der Waals surface area (Å²) in [6.07, 6.45) is 0. The number of hydrogen-bond acceptors (Lipinski definition) is 6. The second kappa shape index (κ2) is 5.81. The van der Waals surface area contributed by atoms with Crippen LogP contribution in [0.1, 0.15) is 27.3 Å². The van der Waals surface area contributed by atoms with E-state index >= 15 is 0 Å². The van der Waals surface area contributed by atoms with Gasteiger partial charge in [0.2, 0.25) is 0 Å².